The first-order valence-electron chi connectivity index (χ1n) is 10.7. The lowest BCUT2D eigenvalue weighted by molar-refractivity contribution is -0.133. The minimum atomic E-state index is 0.283. The Morgan fingerprint density at radius 3 is 1.40 bits per heavy atom. The highest BCUT2D eigenvalue weighted by Crippen LogP contribution is 2.12. The average molecular weight is 353 g/mol. The number of hydrogen-bond acceptors (Lipinski definition) is 2. The van der Waals surface area contributed by atoms with Crippen molar-refractivity contribution < 1.29 is 9.59 Å². The molecule has 0 spiro atoms. The van der Waals surface area contributed by atoms with Crippen molar-refractivity contribution in [2.45, 2.75) is 97.3 Å². The van der Waals surface area contributed by atoms with Crippen LogP contribution in [0.3, 0.4) is 0 Å². The Bertz CT molecular complexity index is 337. The van der Waals surface area contributed by atoms with Crippen LogP contribution in [0.25, 0.3) is 0 Å². The Hall–Kier alpha value is -1.06. The summed E-state index contributed by atoms with van der Waals surface area (Å²) < 4.78 is 0. The van der Waals surface area contributed by atoms with Gasteiger partial charge in [0.25, 0.3) is 0 Å². The first kappa shape index (κ1) is 22.0. The van der Waals surface area contributed by atoms with E-state index in [1.807, 2.05) is 9.80 Å². The summed E-state index contributed by atoms with van der Waals surface area (Å²) in [6.07, 6.45) is 14.1. The molecule has 0 aromatic rings. The van der Waals surface area contributed by atoms with Crippen LogP contribution in [0.15, 0.2) is 0 Å². The molecule has 0 radical (unpaired) electrons. The van der Waals surface area contributed by atoms with Gasteiger partial charge in [-0.05, 0) is 19.3 Å². The van der Waals surface area contributed by atoms with Gasteiger partial charge >= 0.3 is 0 Å². The van der Waals surface area contributed by atoms with Crippen LogP contribution in [-0.2, 0) is 9.59 Å². The van der Waals surface area contributed by atoms with E-state index < -0.39 is 0 Å². The molecule has 1 fully saturated rings. The van der Waals surface area contributed by atoms with Crippen LogP contribution in [0.4, 0.5) is 0 Å². The van der Waals surface area contributed by atoms with Gasteiger partial charge in [0.1, 0.15) is 0 Å². The van der Waals surface area contributed by atoms with E-state index >= 15 is 0 Å². The number of rotatable bonds is 12. The Morgan fingerprint density at radius 2 is 1.00 bits per heavy atom. The predicted octanol–water partition coefficient (Wildman–Crippen LogP) is 4.77. The lowest BCUT2D eigenvalue weighted by Gasteiger charge is -2.22. The second-order valence-corrected chi connectivity index (χ2v) is 7.44. The molecular weight excluding hydrogens is 312 g/mol. The van der Waals surface area contributed by atoms with Gasteiger partial charge in [-0.3, -0.25) is 9.59 Å². The molecule has 0 N–H and O–H groups in total. The zero-order valence-electron chi connectivity index (χ0n) is 16.7. The molecule has 1 heterocycles. The van der Waals surface area contributed by atoms with E-state index in [1.165, 1.54) is 38.5 Å². The van der Waals surface area contributed by atoms with Crippen molar-refractivity contribution in [3.63, 3.8) is 0 Å². The molecule has 1 saturated heterocycles. The minimum absolute atomic E-state index is 0.283. The highest BCUT2D eigenvalue weighted by atomic mass is 16.2. The van der Waals surface area contributed by atoms with E-state index in [4.69, 9.17) is 0 Å². The summed E-state index contributed by atoms with van der Waals surface area (Å²) in [6, 6.07) is 0. The van der Waals surface area contributed by atoms with Crippen LogP contribution in [0.1, 0.15) is 97.3 Å². The van der Waals surface area contributed by atoms with Crippen molar-refractivity contribution in [2.75, 3.05) is 26.2 Å². The zero-order chi connectivity index (χ0) is 18.3. The van der Waals surface area contributed by atoms with Gasteiger partial charge in [0, 0.05) is 39.0 Å². The Labute approximate surface area is 155 Å². The van der Waals surface area contributed by atoms with Gasteiger partial charge in [0.2, 0.25) is 11.8 Å². The van der Waals surface area contributed by atoms with Gasteiger partial charge in [0.05, 0.1) is 0 Å². The fraction of sp³-hybridized carbons (Fsp3) is 0.905. The second-order valence-electron chi connectivity index (χ2n) is 7.44. The highest BCUT2D eigenvalue weighted by Gasteiger charge is 2.21. The molecule has 4 heteroatoms. The van der Waals surface area contributed by atoms with Crippen molar-refractivity contribution in [2.24, 2.45) is 0 Å². The van der Waals surface area contributed by atoms with Gasteiger partial charge in [-0.2, -0.15) is 0 Å². The van der Waals surface area contributed by atoms with Crippen molar-refractivity contribution in [1.29, 1.82) is 0 Å². The molecule has 2 amide bonds. The Balaban J connectivity index is 2.21. The lowest BCUT2D eigenvalue weighted by Crippen LogP contribution is -2.37. The average Bonchev–Trinajstić information content (AvgIpc) is 2.87. The summed E-state index contributed by atoms with van der Waals surface area (Å²) >= 11 is 0. The third-order valence-electron chi connectivity index (χ3n) is 5.19. The summed E-state index contributed by atoms with van der Waals surface area (Å²) in [5.74, 6) is 0.565. The van der Waals surface area contributed by atoms with Gasteiger partial charge in [0.15, 0.2) is 0 Å². The molecule has 4 nitrogen and oxygen atoms in total. The molecular formula is C21H40N2O2. The van der Waals surface area contributed by atoms with Crippen molar-refractivity contribution in [3.8, 4) is 0 Å². The van der Waals surface area contributed by atoms with Gasteiger partial charge in [-0.15, -0.1) is 0 Å². The third kappa shape index (κ3) is 9.86. The molecule has 25 heavy (non-hydrogen) atoms. The van der Waals surface area contributed by atoms with Gasteiger partial charge in [-0.25, -0.2) is 0 Å². The maximum atomic E-state index is 12.4. The van der Waals surface area contributed by atoms with Crippen LogP contribution < -0.4 is 0 Å². The van der Waals surface area contributed by atoms with Crippen LogP contribution in [0.2, 0.25) is 0 Å². The van der Waals surface area contributed by atoms with Crippen LogP contribution in [-0.4, -0.2) is 47.8 Å². The van der Waals surface area contributed by atoms with Crippen molar-refractivity contribution in [3.05, 3.63) is 0 Å². The standard InChI is InChI=1S/C21H40N2O2/c1-3-5-7-9-11-14-20(24)22-16-13-17-23(19-18-22)21(25)15-12-10-8-6-4-2/h3-19H2,1-2H3. The fourth-order valence-electron chi connectivity index (χ4n) is 3.49. The van der Waals surface area contributed by atoms with Crippen molar-refractivity contribution in [1.82, 2.24) is 9.80 Å². The molecule has 146 valence electrons. The van der Waals surface area contributed by atoms with Crippen LogP contribution in [0, 0.1) is 0 Å². The van der Waals surface area contributed by atoms with Gasteiger partial charge < -0.3 is 9.80 Å². The minimum Gasteiger partial charge on any atom is -0.341 e. The number of carbonyl (C=O) groups excluding carboxylic acids is 2. The Kier molecular flexibility index (Phi) is 12.4. The SMILES string of the molecule is CCCCCCCC(=O)N1CCCN(C(=O)CCCCCCC)CC1. The summed E-state index contributed by atoms with van der Waals surface area (Å²) in [4.78, 5) is 28.7. The number of carbonyl (C=O) groups is 2. The number of nitrogens with zero attached hydrogens (tertiary/aromatic N) is 2. The highest BCUT2D eigenvalue weighted by molar-refractivity contribution is 5.77. The lowest BCUT2D eigenvalue weighted by atomic mass is 10.1. The third-order valence-corrected chi connectivity index (χ3v) is 5.19. The maximum absolute atomic E-state index is 12.4. The van der Waals surface area contributed by atoms with Crippen molar-refractivity contribution >= 4 is 11.8 Å². The number of hydrogen-bond donors (Lipinski definition) is 0. The van der Waals surface area contributed by atoms with Gasteiger partial charge in [-0.1, -0.05) is 65.2 Å². The van der Waals surface area contributed by atoms with Crippen LogP contribution >= 0.6 is 0 Å². The molecule has 0 aromatic carbocycles. The molecule has 1 aliphatic heterocycles. The first-order valence-corrected chi connectivity index (χ1v) is 10.7. The summed E-state index contributed by atoms with van der Waals surface area (Å²) in [7, 11) is 0. The van der Waals surface area contributed by atoms with E-state index in [-0.39, 0.29) is 11.8 Å². The first-order chi connectivity index (χ1) is 12.2. The van der Waals surface area contributed by atoms with E-state index in [1.54, 1.807) is 0 Å². The molecule has 0 atom stereocenters. The molecule has 0 saturated carbocycles. The maximum Gasteiger partial charge on any atom is 0.222 e. The molecule has 1 rings (SSSR count). The molecule has 0 aliphatic carbocycles. The van der Waals surface area contributed by atoms with E-state index in [0.29, 0.717) is 12.8 Å². The summed E-state index contributed by atoms with van der Waals surface area (Å²) in [6.45, 7) is 7.48. The van der Waals surface area contributed by atoms with Crippen LogP contribution in [0.5, 0.6) is 0 Å². The van der Waals surface area contributed by atoms with E-state index in [0.717, 1.165) is 58.3 Å². The number of amides is 2. The zero-order valence-corrected chi connectivity index (χ0v) is 16.7. The molecule has 0 aromatic heterocycles. The fourth-order valence-corrected chi connectivity index (χ4v) is 3.49. The predicted molar refractivity (Wildman–Crippen MR) is 105 cm³/mol. The quantitative estimate of drug-likeness (QED) is 0.475. The summed E-state index contributed by atoms with van der Waals surface area (Å²) in [5.41, 5.74) is 0. The topological polar surface area (TPSA) is 40.6 Å². The second kappa shape index (κ2) is 14.1. The summed E-state index contributed by atoms with van der Waals surface area (Å²) in [5, 5.41) is 0. The monoisotopic (exact) mass is 352 g/mol. The largest absolute Gasteiger partial charge is 0.341 e. The molecule has 0 bridgehead atoms. The Morgan fingerprint density at radius 1 is 0.600 bits per heavy atom. The van der Waals surface area contributed by atoms with E-state index in [2.05, 4.69) is 13.8 Å². The smallest absolute Gasteiger partial charge is 0.222 e. The number of unbranched alkanes of at least 4 members (excludes halogenated alkanes) is 8. The van der Waals surface area contributed by atoms with E-state index in [9.17, 15) is 9.59 Å². The normalized spacial score (nSPS) is 15.3. The molecule has 0 unspecified atom stereocenters. The molecule has 1 aliphatic rings.